The van der Waals surface area contributed by atoms with Gasteiger partial charge in [0.2, 0.25) is 23.6 Å². The number of hydrogen-bond acceptors (Lipinski definition) is 8. The van der Waals surface area contributed by atoms with Crippen LogP contribution in [-0.2, 0) is 22.6 Å². The number of amides is 2. The van der Waals surface area contributed by atoms with Crippen molar-refractivity contribution in [1.29, 1.82) is 0 Å². The van der Waals surface area contributed by atoms with Gasteiger partial charge in [0, 0.05) is 42.1 Å². The van der Waals surface area contributed by atoms with Crippen LogP contribution in [0.2, 0.25) is 0 Å². The van der Waals surface area contributed by atoms with Gasteiger partial charge in [0.05, 0.1) is 12.1 Å². The second-order valence-corrected chi connectivity index (χ2v) is 13.2. The summed E-state index contributed by atoms with van der Waals surface area (Å²) < 4.78 is 5.69. The van der Waals surface area contributed by atoms with Crippen molar-refractivity contribution in [2.75, 3.05) is 18.1 Å². The molecular weight excluding hydrogens is 598 g/mol. The molecule has 0 radical (unpaired) electrons. The Morgan fingerprint density at radius 3 is 2.61 bits per heavy atom. The zero-order valence-electron chi connectivity index (χ0n) is 26.4. The van der Waals surface area contributed by atoms with Crippen LogP contribution in [0.4, 0.5) is 5.69 Å². The normalized spacial score (nSPS) is 15.2. The number of thiophene rings is 1. The minimum atomic E-state index is -0.655. The minimum absolute atomic E-state index is 0.0918. The Kier molecular flexibility index (Phi) is 9.30. The van der Waals surface area contributed by atoms with Crippen molar-refractivity contribution in [3.63, 3.8) is 0 Å². The Balaban J connectivity index is 1.26. The number of benzene rings is 3. The van der Waals surface area contributed by atoms with Gasteiger partial charge in [-0.15, -0.1) is 10.2 Å². The number of carbonyl (C=O) groups excluding carboxylic acids is 2. The molecule has 0 bridgehead atoms. The summed E-state index contributed by atoms with van der Waals surface area (Å²) in [5.41, 5.74) is 5.42. The van der Waals surface area contributed by atoms with Crippen molar-refractivity contribution in [1.82, 2.24) is 20.8 Å². The monoisotopic (exact) mass is 637 g/mol. The maximum Gasteiger partial charge on any atom is 0.249 e. The van der Waals surface area contributed by atoms with Crippen molar-refractivity contribution in [2.24, 2.45) is 0 Å². The number of carbonyl (C=O) groups is 2. The first-order valence-electron chi connectivity index (χ1n) is 15.7. The fourth-order valence-electron chi connectivity index (χ4n) is 6.14. The average Bonchev–Trinajstić information content (AvgIpc) is 3.68. The quantitative estimate of drug-likeness (QED) is 0.151. The molecule has 2 aromatic heterocycles. The number of nitrogens with zero attached hydrogens (tertiary/aromatic N) is 3. The van der Waals surface area contributed by atoms with Crippen molar-refractivity contribution in [2.45, 2.75) is 64.6 Å². The number of fused-ring (bicyclic) bond motifs is 3. The van der Waals surface area contributed by atoms with Crippen molar-refractivity contribution < 1.29 is 19.1 Å². The van der Waals surface area contributed by atoms with Crippen LogP contribution in [0.5, 0.6) is 0 Å². The number of aromatic nitrogens is 2. The number of hydrogen-bond donors (Lipinski definition) is 3. The van der Waals surface area contributed by atoms with Crippen LogP contribution in [0.1, 0.15) is 50.1 Å². The number of nitrogens with one attached hydrogen (secondary N) is 2. The molecule has 46 heavy (non-hydrogen) atoms. The maximum absolute atomic E-state index is 14.3. The third-order valence-corrected chi connectivity index (χ3v) is 9.20. The van der Waals surface area contributed by atoms with E-state index in [1.54, 1.807) is 18.3 Å². The van der Waals surface area contributed by atoms with Crippen LogP contribution in [0.3, 0.4) is 0 Å². The first kappa shape index (κ1) is 31.6. The third kappa shape index (κ3) is 6.89. The molecule has 1 aliphatic heterocycles. The standard InChI is InChI=1S/C36H39N5O4S/c1-23-39-40-34(45-23)30-22-46-21-29(30)26-11-9-24(10-12-26)20-41-32-16-13-25-7-4-5-8-27(25)28(32)14-15-31(35(41)44)38-33(43)19-36(2,3)37-17-6-18-42/h4-5,7-13,16,21-22,31,37,42H,6,14-15,17-20H2,1-3H3,(H,38,43). The topological polar surface area (TPSA) is 121 Å². The molecule has 238 valence electrons. The average molecular weight is 638 g/mol. The largest absolute Gasteiger partial charge is 0.421 e. The highest BCUT2D eigenvalue weighted by Gasteiger charge is 2.33. The summed E-state index contributed by atoms with van der Waals surface area (Å²) in [5, 5.41) is 30.0. The number of aryl methyl sites for hydroxylation is 2. The number of aliphatic hydroxyl groups excluding tert-OH is 1. The van der Waals surface area contributed by atoms with E-state index in [9.17, 15) is 9.59 Å². The lowest BCUT2D eigenvalue weighted by Gasteiger charge is -2.29. The summed E-state index contributed by atoms with van der Waals surface area (Å²) in [6, 6.07) is 19.9. The van der Waals surface area contributed by atoms with Gasteiger partial charge in [-0.3, -0.25) is 9.59 Å². The number of aliphatic hydroxyl groups is 1. The van der Waals surface area contributed by atoms with Gasteiger partial charge < -0.3 is 25.1 Å². The summed E-state index contributed by atoms with van der Waals surface area (Å²) in [4.78, 5) is 29.4. The molecule has 0 saturated heterocycles. The predicted molar refractivity (Wildman–Crippen MR) is 182 cm³/mol. The van der Waals surface area contributed by atoms with E-state index in [1.807, 2.05) is 54.5 Å². The summed E-state index contributed by atoms with van der Waals surface area (Å²) in [6.07, 6.45) is 2.00. The van der Waals surface area contributed by atoms with Gasteiger partial charge in [-0.2, -0.15) is 11.3 Å². The van der Waals surface area contributed by atoms with Gasteiger partial charge in [0.25, 0.3) is 0 Å². The van der Waals surface area contributed by atoms with Gasteiger partial charge in [-0.1, -0.05) is 54.6 Å². The van der Waals surface area contributed by atoms with E-state index in [-0.39, 0.29) is 24.8 Å². The SMILES string of the molecule is Cc1nnc(-c2cscc2-c2ccc(CN3C(=O)C(NC(=O)CC(C)(C)NCCCO)CCc4c3ccc3ccccc43)cc2)o1. The van der Waals surface area contributed by atoms with Crippen LogP contribution in [-0.4, -0.2) is 51.9 Å². The molecule has 0 spiro atoms. The van der Waals surface area contributed by atoms with Crippen LogP contribution in [0, 0.1) is 6.92 Å². The van der Waals surface area contributed by atoms with Crippen LogP contribution in [0.25, 0.3) is 33.4 Å². The summed E-state index contributed by atoms with van der Waals surface area (Å²) in [6.45, 7) is 6.76. The molecule has 5 aromatic rings. The third-order valence-electron chi connectivity index (χ3n) is 8.45. The minimum Gasteiger partial charge on any atom is -0.421 e. The van der Waals surface area contributed by atoms with Crippen molar-refractivity contribution in [3.05, 3.63) is 88.4 Å². The molecular formula is C36H39N5O4S. The van der Waals surface area contributed by atoms with Crippen LogP contribution in [0.15, 0.2) is 75.8 Å². The van der Waals surface area contributed by atoms with E-state index in [0.29, 0.717) is 44.1 Å². The maximum atomic E-state index is 14.3. The van der Waals surface area contributed by atoms with E-state index in [1.165, 1.54) is 0 Å². The Labute approximate surface area is 272 Å². The summed E-state index contributed by atoms with van der Waals surface area (Å²) in [5.74, 6) is 0.715. The van der Waals surface area contributed by atoms with E-state index in [4.69, 9.17) is 9.52 Å². The highest BCUT2D eigenvalue weighted by molar-refractivity contribution is 7.08. The van der Waals surface area contributed by atoms with Gasteiger partial charge >= 0.3 is 0 Å². The molecule has 0 fully saturated rings. The Morgan fingerprint density at radius 1 is 1.07 bits per heavy atom. The van der Waals surface area contributed by atoms with Gasteiger partial charge in [0.15, 0.2) is 0 Å². The fraction of sp³-hybridized carbons (Fsp3) is 0.333. The number of anilines is 1. The molecule has 2 amide bonds. The van der Waals surface area contributed by atoms with Crippen molar-refractivity contribution in [3.8, 4) is 22.6 Å². The molecule has 3 aromatic carbocycles. The predicted octanol–water partition coefficient (Wildman–Crippen LogP) is 6.03. The first-order chi connectivity index (χ1) is 22.2. The number of rotatable bonds is 11. The van der Waals surface area contributed by atoms with Gasteiger partial charge in [-0.25, -0.2) is 0 Å². The summed E-state index contributed by atoms with van der Waals surface area (Å²) in [7, 11) is 0. The molecule has 3 N–H and O–H groups in total. The molecule has 6 rings (SSSR count). The molecule has 10 heteroatoms. The molecule has 0 aliphatic carbocycles. The lowest BCUT2D eigenvalue weighted by molar-refractivity contribution is -0.128. The highest BCUT2D eigenvalue weighted by atomic mass is 32.1. The zero-order chi connectivity index (χ0) is 32.3. The van der Waals surface area contributed by atoms with E-state index in [2.05, 4.69) is 56.5 Å². The van der Waals surface area contributed by atoms with E-state index in [0.717, 1.165) is 44.3 Å². The smallest absolute Gasteiger partial charge is 0.249 e. The summed E-state index contributed by atoms with van der Waals surface area (Å²) >= 11 is 1.58. The Hall–Kier alpha value is -4.38. The molecule has 0 saturated carbocycles. The zero-order valence-corrected chi connectivity index (χ0v) is 27.2. The second-order valence-electron chi connectivity index (χ2n) is 12.5. The van der Waals surface area contributed by atoms with Crippen LogP contribution >= 0.6 is 11.3 Å². The molecule has 9 nitrogen and oxygen atoms in total. The highest BCUT2D eigenvalue weighted by Crippen LogP contribution is 2.37. The van der Waals surface area contributed by atoms with E-state index < -0.39 is 11.6 Å². The molecule has 1 unspecified atom stereocenters. The Bertz CT molecular complexity index is 1840. The molecule has 3 heterocycles. The lowest BCUT2D eigenvalue weighted by Crippen LogP contribution is -2.51. The van der Waals surface area contributed by atoms with Gasteiger partial charge in [-0.05, 0) is 78.6 Å². The van der Waals surface area contributed by atoms with Crippen molar-refractivity contribution >= 4 is 39.6 Å². The first-order valence-corrected chi connectivity index (χ1v) is 16.6. The van der Waals surface area contributed by atoms with Gasteiger partial charge in [0.1, 0.15) is 6.04 Å². The van der Waals surface area contributed by atoms with Crippen LogP contribution < -0.4 is 15.5 Å². The molecule has 1 atom stereocenters. The lowest BCUT2D eigenvalue weighted by atomic mass is 9.97. The fourth-order valence-corrected chi connectivity index (χ4v) is 6.97. The Morgan fingerprint density at radius 2 is 1.85 bits per heavy atom. The molecule has 1 aliphatic rings. The van der Waals surface area contributed by atoms with E-state index >= 15 is 0 Å². The second kappa shape index (κ2) is 13.5.